The molecule has 2 atom stereocenters. The van der Waals surface area contributed by atoms with Crippen LogP contribution < -0.4 is 5.32 Å². The molecule has 0 aromatic heterocycles. The summed E-state index contributed by atoms with van der Waals surface area (Å²) in [7, 11) is 0. The molecule has 0 bridgehead atoms. The van der Waals surface area contributed by atoms with E-state index in [-0.39, 0.29) is 6.09 Å². The van der Waals surface area contributed by atoms with Crippen molar-refractivity contribution in [1.29, 1.82) is 0 Å². The molecule has 1 fully saturated rings. The maximum Gasteiger partial charge on any atom is 0.409 e. The molecule has 0 radical (unpaired) electrons. The van der Waals surface area contributed by atoms with E-state index in [2.05, 4.69) is 26.1 Å². The zero-order valence-corrected chi connectivity index (χ0v) is 13.7. The van der Waals surface area contributed by atoms with Crippen LogP contribution in [0, 0.1) is 11.8 Å². The van der Waals surface area contributed by atoms with Crippen LogP contribution in [-0.4, -0.2) is 43.3 Å². The van der Waals surface area contributed by atoms with Gasteiger partial charge in [-0.3, -0.25) is 0 Å². The van der Waals surface area contributed by atoms with Gasteiger partial charge in [0.25, 0.3) is 0 Å². The Balaban J connectivity index is 2.54. The summed E-state index contributed by atoms with van der Waals surface area (Å²) in [5, 5.41) is 3.60. The molecule has 2 unspecified atom stereocenters. The smallest absolute Gasteiger partial charge is 0.409 e. The van der Waals surface area contributed by atoms with Crippen LogP contribution in [0.1, 0.15) is 53.4 Å². The third-order valence-electron chi connectivity index (χ3n) is 3.84. The zero-order chi connectivity index (χ0) is 15.0. The van der Waals surface area contributed by atoms with Crippen molar-refractivity contribution in [3.8, 4) is 0 Å². The fourth-order valence-corrected chi connectivity index (χ4v) is 2.82. The molecular weight excluding hydrogens is 252 g/mol. The number of unbranched alkanes of at least 4 members (excludes halogenated alkanes) is 1. The number of rotatable bonds is 7. The van der Waals surface area contributed by atoms with Crippen LogP contribution in [0.5, 0.6) is 0 Å². The minimum atomic E-state index is -0.148. The molecule has 0 aliphatic carbocycles. The molecule has 0 aromatic carbocycles. The van der Waals surface area contributed by atoms with Crippen LogP contribution in [-0.2, 0) is 4.74 Å². The van der Waals surface area contributed by atoms with Crippen molar-refractivity contribution >= 4 is 6.09 Å². The SMILES string of the molecule is CCCCC1CC(NCC(C)C)CN(C(=O)OCC)C1. The van der Waals surface area contributed by atoms with Gasteiger partial charge in [0.15, 0.2) is 0 Å². The fourth-order valence-electron chi connectivity index (χ4n) is 2.82. The van der Waals surface area contributed by atoms with Gasteiger partial charge in [-0.15, -0.1) is 0 Å². The number of piperidine rings is 1. The average Bonchev–Trinajstić information content (AvgIpc) is 2.43. The van der Waals surface area contributed by atoms with Gasteiger partial charge in [0.2, 0.25) is 0 Å². The van der Waals surface area contributed by atoms with Crippen molar-refractivity contribution in [2.24, 2.45) is 11.8 Å². The van der Waals surface area contributed by atoms with Crippen LogP contribution in [0.15, 0.2) is 0 Å². The number of carbonyl (C=O) groups excluding carboxylic acids is 1. The first-order chi connectivity index (χ1) is 9.56. The van der Waals surface area contributed by atoms with Crippen molar-refractivity contribution in [1.82, 2.24) is 10.2 Å². The lowest BCUT2D eigenvalue weighted by atomic mass is 9.90. The minimum absolute atomic E-state index is 0.148. The third-order valence-corrected chi connectivity index (χ3v) is 3.84. The van der Waals surface area contributed by atoms with E-state index in [0.717, 1.165) is 19.6 Å². The van der Waals surface area contributed by atoms with E-state index in [1.807, 2.05) is 11.8 Å². The first kappa shape index (κ1) is 17.3. The number of nitrogens with one attached hydrogen (secondary N) is 1. The Kier molecular flexibility index (Phi) is 7.97. The molecule has 1 rings (SSSR count). The molecule has 0 spiro atoms. The van der Waals surface area contributed by atoms with E-state index < -0.39 is 0 Å². The molecular formula is C16H32N2O2. The second-order valence-corrected chi connectivity index (χ2v) is 6.35. The number of nitrogens with zero attached hydrogens (tertiary/aromatic N) is 1. The van der Waals surface area contributed by atoms with E-state index in [1.165, 1.54) is 25.7 Å². The Morgan fingerprint density at radius 1 is 1.35 bits per heavy atom. The molecule has 1 aliphatic heterocycles. The Labute approximate surface area is 124 Å². The highest BCUT2D eigenvalue weighted by Gasteiger charge is 2.30. The van der Waals surface area contributed by atoms with Crippen LogP contribution in [0.4, 0.5) is 4.79 Å². The normalized spacial score (nSPS) is 23.1. The summed E-state index contributed by atoms with van der Waals surface area (Å²) in [6.07, 6.45) is 4.72. The van der Waals surface area contributed by atoms with Gasteiger partial charge in [-0.05, 0) is 38.1 Å². The highest BCUT2D eigenvalue weighted by Crippen LogP contribution is 2.23. The molecule has 20 heavy (non-hydrogen) atoms. The molecule has 4 heteroatoms. The first-order valence-corrected chi connectivity index (χ1v) is 8.21. The molecule has 118 valence electrons. The van der Waals surface area contributed by atoms with Crippen LogP contribution in [0.2, 0.25) is 0 Å². The molecule has 4 nitrogen and oxygen atoms in total. The van der Waals surface area contributed by atoms with Crippen molar-refractivity contribution < 1.29 is 9.53 Å². The summed E-state index contributed by atoms with van der Waals surface area (Å²) in [6, 6.07) is 0.414. The third kappa shape index (κ3) is 6.12. The van der Waals surface area contributed by atoms with E-state index in [1.54, 1.807) is 0 Å². The largest absolute Gasteiger partial charge is 0.450 e. The van der Waals surface area contributed by atoms with Gasteiger partial charge in [0.05, 0.1) is 6.61 Å². The van der Waals surface area contributed by atoms with Crippen LogP contribution in [0.25, 0.3) is 0 Å². The molecule has 1 heterocycles. The maximum atomic E-state index is 12.0. The second-order valence-electron chi connectivity index (χ2n) is 6.35. The van der Waals surface area contributed by atoms with Crippen LogP contribution in [0.3, 0.4) is 0 Å². The summed E-state index contributed by atoms with van der Waals surface area (Å²) in [4.78, 5) is 13.9. The summed E-state index contributed by atoms with van der Waals surface area (Å²) >= 11 is 0. The lowest BCUT2D eigenvalue weighted by Crippen LogP contribution is -2.52. The van der Waals surface area contributed by atoms with Gasteiger partial charge >= 0.3 is 6.09 Å². The van der Waals surface area contributed by atoms with Gasteiger partial charge in [-0.2, -0.15) is 0 Å². The lowest BCUT2D eigenvalue weighted by molar-refractivity contribution is 0.0766. The standard InChI is InChI=1S/C16H32N2O2/c1-5-7-8-14-9-15(17-10-13(3)4)12-18(11-14)16(19)20-6-2/h13-15,17H,5-12H2,1-4H3. The Morgan fingerprint density at radius 3 is 2.70 bits per heavy atom. The topological polar surface area (TPSA) is 41.6 Å². The highest BCUT2D eigenvalue weighted by molar-refractivity contribution is 5.67. The summed E-state index contributed by atoms with van der Waals surface area (Å²) in [6.45, 7) is 11.6. The Hall–Kier alpha value is -0.770. The van der Waals surface area contributed by atoms with Crippen molar-refractivity contribution in [2.45, 2.75) is 59.4 Å². The predicted molar refractivity (Wildman–Crippen MR) is 82.9 cm³/mol. The Morgan fingerprint density at radius 2 is 2.10 bits per heavy atom. The maximum absolute atomic E-state index is 12.0. The molecule has 1 amide bonds. The molecule has 1 aliphatic rings. The number of hydrogen-bond acceptors (Lipinski definition) is 3. The summed E-state index contributed by atoms with van der Waals surface area (Å²) in [5.74, 6) is 1.25. The molecule has 0 aromatic rings. The van der Waals surface area contributed by atoms with Gasteiger partial charge in [0.1, 0.15) is 0 Å². The fraction of sp³-hybridized carbons (Fsp3) is 0.938. The van der Waals surface area contributed by atoms with Gasteiger partial charge in [-0.1, -0.05) is 33.6 Å². The number of hydrogen-bond donors (Lipinski definition) is 1. The summed E-state index contributed by atoms with van der Waals surface area (Å²) < 4.78 is 5.17. The zero-order valence-electron chi connectivity index (χ0n) is 13.7. The minimum Gasteiger partial charge on any atom is -0.450 e. The number of carbonyl (C=O) groups is 1. The van der Waals surface area contributed by atoms with Crippen LogP contribution >= 0.6 is 0 Å². The van der Waals surface area contributed by atoms with Gasteiger partial charge in [0, 0.05) is 19.1 Å². The quantitative estimate of drug-likeness (QED) is 0.780. The number of ether oxygens (including phenoxy) is 1. The Bertz CT molecular complexity index is 282. The monoisotopic (exact) mass is 284 g/mol. The highest BCUT2D eigenvalue weighted by atomic mass is 16.6. The number of amides is 1. The van der Waals surface area contributed by atoms with E-state index >= 15 is 0 Å². The van der Waals surface area contributed by atoms with E-state index in [0.29, 0.717) is 24.5 Å². The molecule has 1 saturated heterocycles. The molecule has 0 saturated carbocycles. The van der Waals surface area contributed by atoms with Crippen molar-refractivity contribution in [2.75, 3.05) is 26.2 Å². The van der Waals surface area contributed by atoms with Gasteiger partial charge in [-0.25, -0.2) is 4.79 Å². The predicted octanol–water partition coefficient (Wildman–Crippen LogP) is 3.27. The first-order valence-electron chi connectivity index (χ1n) is 8.21. The molecule has 1 N–H and O–H groups in total. The van der Waals surface area contributed by atoms with Crippen molar-refractivity contribution in [3.63, 3.8) is 0 Å². The number of likely N-dealkylation sites (tertiary alicyclic amines) is 1. The second kappa shape index (κ2) is 9.22. The van der Waals surface area contributed by atoms with E-state index in [4.69, 9.17) is 4.74 Å². The lowest BCUT2D eigenvalue weighted by Gasteiger charge is -2.38. The van der Waals surface area contributed by atoms with E-state index in [9.17, 15) is 4.79 Å². The van der Waals surface area contributed by atoms with Gasteiger partial charge < -0.3 is 15.0 Å². The van der Waals surface area contributed by atoms with Crippen molar-refractivity contribution in [3.05, 3.63) is 0 Å². The average molecular weight is 284 g/mol. The summed E-state index contributed by atoms with van der Waals surface area (Å²) in [5.41, 5.74) is 0.